The molecule has 1 atom stereocenters. The summed E-state index contributed by atoms with van der Waals surface area (Å²) >= 11 is 0. The molecule has 6 heteroatoms. The maximum atomic E-state index is 12.5. The summed E-state index contributed by atoms with van der Waals surface area (Å²) in [6.45, 7) is 0.732. The van der Waals surface area contributed by atoms with Crippen LogP contribution in [0.4, 0.5) is 11.4 Å². The molecule has 2 amide bonds. The van der Waals surface area contributed by atoms with Gasteiger partial charge in [-0.3, -0.25) is 9.59 Å². The maximum Gasteiger partial charge on any atom is 0.227 e. The van der Waals surface area contributed by atoms with Crippen LogP contribution in [0.2, 0.25) is 0 Å². The number of nitrogens with one attached hydrogen (secondary N) is 1. The van der Waals surface area contributed by atoms with E-state index in [2.05, 4.69) is 10.4 Å². The summed E-state index contributed by atoms with van der Waals surface area (Å²) in [6, 6.07) is 17.8. The average Bonchev–Trinajstić information content (AvgIpc) is 3.36. The van der Waals surface area contributed by atoms with Crippen molar-refractivity contribution in [2.24, 2.45) is 0 Å². The van der Waals surface area contributed by atoms with E-state index in [-0.39, 0.29) is 17.7 Å². The first-order valence-electron chi connectivity index (χ1n) is 9.54. The van der Waals surface area contributed by atoms with Gasteiger partial charge in [0.1, 0.15) is 0 Å². The van der Waals surface area contributed by atoms with Crippen LogP contribution in [0.1, 0.15) is 36.4 Å². The summed E-state index contributed by atoms with van der Waals surface area (Å²) in [5, 5.41) is 7.47. The average molecular weight is 372 g/mol. The predicted octanol–water partition coefficient (Wildman–Crippen LogP) is 3.47. The Morgan fingerprint density at radius 2 is 1.86 bits per heavy atom. The lowest BCUT2D eigenvalue weighted by Gasteiger charge is -2.28. The standard InChI is InChI=1S/C22H20N4O2/c27-21-14-18(20-10-11-23-26(20)15-5-2-1-3-6-15)17-9-8-16(13-19(17)24-21)25-12-4-7-22(25)28/h1-3,5-6,8-11,13,18H,4,7,12,14H2,(H,24,27)/t18-/m1/s1. The number of fused-ring (bicyclic) bond motifs is 1. The summed E-state index contributed by atoms with van der Waals surface area (Å²) < 4.78 is 1.89. The second kappa shape index (κ2) is 6.64. The van der Waals surface area contributed by atoms with Crippen LogP contribution < -0.4 is 10.2 Å². The van der Waals surface area contributed by atoms with E-state index in [1.807, 2.05) is 59.3 Å². The number of nitrogens with zero attached hydrogens (tertiary/aromatic N) is 3. The number of para-hydroxylation sites is 1. The van der Waals surface area contributed by atoms with Crippen molar-refractivity contribution in [2.45, 2.75) is 25.2 Å². The summed E-state index contributed by atoms with van der Waals surface area (Å²) in [5.41, 5.74) is 4.62. The van der Waals surface area contributed by atoms with Crippen LogP contribution in [0.5, 0.6) is 0 Å². The quantitative estimate of drug-likeness (QED) is 0.765. The molecule has 28 heavy (non-hydrogen) atoms. The first-order valence-corrected chi connectivity index (χ1v) is 9.54. The largest absolute Gasteiger partial charge is 0.326 e. The third-order valence-electron chi connectivity index (χ3n) is 5.49. The van der Waals surface area contributed by atoms with Gasteiger partial charge in [0.05, 0.1) is 11.4 Å². The summed E-state index contributed by atoms with van der Waals surface area (Å²) in [6.07, 6.45) is 3.60. The minimum absolute atomic E-state index is 0.0248. The van der Waals surface area contributed by atoms with Crippen molar-refractivity contribution in [2.75, 3.05) is 16.8 Å². The second-order valence-electron chi connectivity index (χ2n) is 7.23. The molecule has 1 fully saturated rings. The topological polar surface area (TPSA) is 67.2 Å². The Hall–Kier alpha value is -3.41. The first-order chi connectivity index (χ1) is 13.7. The molecule has 0 bridgehead atoms. The first kappa shape index (κ1) is 16.7. The van der Waals surface area contributed by atoms with Crippen LogP contribution in [-0.2, 0) is 9.59 Å². The van der Waals surface area contributed by atoms with Crippen molar-refractivity contribution < 1.29 is 9.59 Å². The van der Waals surface area contributed by atoms with Crippen molar-refractivity contribution in [1.82, 2.24) is 9.78 Å². The molecule has 0 saturated carbocycles. The Morgan fingerprint density at radius 3 is 2.64 bits per heavy atom. The molecule has 5 rings (SSSR count). The highest BCUT2D eigenvalue weighted by atomic mass is 16.2. The number of hydrogen-bond acceptors (Lipinski definition) is 3. The van der Waals surface area contributed by atoms with Crippen LogP contribution in [0.3, 0.4) is 0 Å². The van der Waals surface area contributed by atoms with Gasteiger partial charge in [-0.05, 0) is 42.3 Å². The third-order valence-corrected chi connectivity index (χ3v) is 5.49. The van der Waals surface area contributed by atoms with E-state index >= 15 is 0 Å². The lowest BCUT2D eigenvalue weighted by Crippen LogP contribution is -2.27. The van der Waals surface area contributed by atoms with Crippen molar-refractivity contribution in [3.8, 4) is 5.69 Å². The fourth-order valence-electron chi connectivity index (χ4n) is 4.17. The Morgan fingerprint density at radius 1 is 1.00 bits per heavy atom. The molecule has 2 aliphatic rings. The number of benzene rings is 2. The molecule has 1 saturated heterocycles. The van der Waals surface area contributed by atoms with Crippen molar-refractivity contribution >= 4 is 23.2 Å². The van der Waals surface area contributed by atoms with Gasteiger partial charge in [-0.2, -0.15) is 5.10 Å². The number of carbonyl (C=O) groups excluding carboxylic acids is 2. The molecule has 2 aliphatic heterocycles. The van der Waals surface area contributed by atoms with Crippen LogP contribution in [0.25, 0.3) is 5.69 Å². The summed E-state index contributed by atoms with van der Waals surface area (Å²) in [4.78, 5) is 26.3. The van der Waals surface area contributed by atoms with Crippen molar-refractivity contribution in [1.29, 1.82) is 0 Å². The highest BCUT2D eigenvalue weighted by Crippen LogP contribution is 2.40. The highest BCUT2D eigenvalue weighted by molar-refractivity contribution is 5.99. The summed E-state index contributed by atoms with van der Waals surface area (Å²) in [5.74, 6) is 0.0267. The highest BCUT2D eigenvalue weighted by Gasteiger charge is 2.30. The molecule has 140 valence electrons. The normalized spacial score (nSPS) is 18.9. The van der Waals surface area contributed by atoms with Crippen LogP contribution >= 0.6 is 0 Å². The van der Waals surface area contributed by atoms with Gasteiger partial charge in [-0.15, -0.1) is 0 Å². The number of hydrogen-bond donors (Lipinski definition) is 1. The number of aromatic nitrogens is 2. The lowest BCUT2D eigenvalue weighted by molar-refractivity contribution is -0.117. The zero-order valence-electron chi connectivity index (χ0n) is 15.3. The van der Waals surface area contributed by atoms with E-state index < -0.39 is 0 Å². The molecule has 0 radical (unpaired) electrons. The number of anilines is 2. The molecule has 1 aromatic heterocycles. The smallest absolute Gasteiger partial charge is 0.227 e. The zero-order chi connectivity index (χ0) is 19.1. The van der Waals surface area contributed by atoms with Gasteiger partial charge in [0.2, 0.25) is 11.8 Å². The van der Waals surface area contributed by atoms with Gasteiger partial charge in [0.25, 0.3) is 0 Å². The van der Waals surface area contributed by atoms with E-state index in [4.69, 9.17) is 0 Å². The molecule has 0 spiro atoms. The minimum Gasteiger partial charge on any atom is -0.326 e. The SMILES string of the molecule is O=C1C[C@@H](c2ccnn2-c2ccccc2)c2ccc(N3CCCC3=O)cc2N1. The van der Waals surface area contributed by atoms with Gasteiger partial charge < -0.3 is 10.2 Å². The molecular formula is C22H20N4O2. The van der Waals surface area contributed by atoms with Crippen LogP contribution in [-0.4, -0.2) is 28.1 Å². The van der Waals surface area contributed by atoms with Crippen molar-refractivity contribution in [3.05, 3.63) is 72.1 Å². The van der Waals surface area contributed by atoms with Gasteiger partial charge >= 0.3 is 0 Å². The molecule has 3 heterocycles. The van der Waals surface area contributed by atoms with Gasteiger partial charge in [-0.1, -0.05) is 24.3 Å². The molecule has 0 aliphatic carbocycles. The zero-order valence-corrected chi connectivity index (χ0v) is 15.3. The lowest BCUT2D eigenvalue weighted by atomic mass is 9.87. The van der Waals surface area contributed by atoms with E-state index in [1.54, 1.807) is 11.1 Å². The number of rotatable bonds is 3. The fourth-order valence-corrected chi connectivity index (χ4v) is 4.17. The Labute approximate surface area is 162 Å². The van der Waals surface area contributed by atoms with Crippen molar-refractivity contribution in [3.63, 3.8) is 0 Å². The second-order valence-corrected chi connectivity index (χ2v) is 7.23. The third kappa shape index (κ3) is 2.78. The molecule has 2 aromatic carbocycles. The molecular weight excluding hydrogens is 352 g/mol. The van der Waals surface area contributed by atoms with Gasteiger partial charge in [-0.25, -0.2) is 4.68 Å². The minimum atomic E-state index is -0.0882. The Bertz CT molecular complexity index is 1060. The summed E-state index contributed by atoms with van der Waals surface area (Å²) in [7, 11) is 0. The molecule has 0 unspecified atom stereocenters. The maximum absolute atomic E-state index is 12.5. The van der Waals surface area contributed by atoms with Gasteiger partial charge in [0.15, 0.2) is 0 Å². The monoisotopic (exact) mass is 372 g/mol. The molecule has 6 nitrogen and oxygen atoms in total. The number of amides is 2. The molecule has 3 aromatic rings. The predicted molar refractivity (Wildman–Crippen MR) is 107 cm³/mol. The fraction of sp³-hybridized carbons (Fsp3) is 0.227. The molecule has 1 N–H and O–H groups in total. The van der Waals surface area contributed by atoms with E-state index in [1.165, 1.54) is 0 Å². The number of carbonyl (C=O) groups is 2. The van der Waals surface area contributed by atoms with E-state index in [9.17, 15) is 9.59 Å². The Balaban J connectivity index is 1.56. The van der Waals surface area contributed by atoms with Crippen LogP contribution in [0, 0.1) is 0 Å². The van der Waals surface area contributed by atoms with E-state index in [0.29, 0.717) is 12.8 Å². The van der Waals surface area contributed by atoms with E-state index in [0.717, 1.165) is 41.3 Å². The Kier molecular flexibility index (Phi) is 3.97. The van der Waals surface area contributed by atoms with Gasteiger partial charge in [0, 0.05) is 42.9 Å². The van der Waals surface area contributed by atoms with Crippen LogP contribution in [0.15, 0.2) is 60.8 Å².